The molecule has 15 heavy (non-hydrogen) atoms. The first-order chi connectivity index (χ1) is 7.27. The minimum absolute atomic E-state index is 0.0938. The molecule has 0 aliphatic rings. The van der Waals surface area contributed by atoms with Crippen molar-refractivity contribution in [3.8, 4) is 0 Å². The van der Waals surface area contributed by atoms with Gasteiger partial charge in [-0.2, -0.15) is 11.3 Å². The molecule has 0 fully saturated rings. The zero-order valence-electron chi connectivity index (χ0n) is 8.04. The molecule has 78 valence electrons. The zero-order valence-corrected chi connectivity index (χ0v) is 8.85. The molecule has 2 heterocycles. The van der Waals surface area contributed by atoms with Crippen LogP contribution in [-0.4, -0.2) is 15.6 Å². The van der Waals surface area contributed by atoms with Crippen LogP contribution >= 0.6 is 11.3 Å². The molecule has 0 aliphatic heterocycles. The number of rotatable bonds is 4. The number of hydrogen-bond donors (Lipinski definition) is 1. The summed E-state index contributed by atoms with van der Waals surface area (Å²) in [5.74, 6) is -0.778. The zero-order chi connectivity index (χ0) is 10.7. The van der Waals surface area contributed by atoms with Crippen molar-refractivity contribution in [2.45, 2.75) is 12.5 Å². The topological polar surface area (TPSA) is 42.2 Å². The highest BCUT2D eigenvalue weighted by Gasteiger charge is 2.16. The van der Waals surface area contributed by atoms with Crippen LogP contribution in [0.25, 0.3) is 0 Å². The minimum Gasteiger partial charge on any atom is -0.481 e. The molecular formula is C11H11NO2S. The van der Waals surface area contributed by atoms with Crippen LogP contribution in [-0.2, 0) is 4.79 Å². The fourth-order valence-electron chi connectivity index (χ4n) is 1.58. The Bertz CT molecular complexity index is 385. The van der Waals surface area contributed by atoms with Gasteiger partial charge in [0.25, 0.3) is 0 Å². The summed E-state index contributed by atoms with van der Waals surface area (Å²) in [5, 5.41) is 12.8. The number of hydrogen-bond acceptors (Lipinski definition) is 2. The predicted octanol–water partition coefficient (Wildman–Crippen LogP) is 2.61. The van der Waals surface area contributed by atoms with Crippen molar-refractivity contribution in [3.05, 3.63) is 46.9 Å². The summed E-state index contributed by atoms with van der Waals surface area (Å²) in [5.41, 5.74) is 1.05. The van der Waals surface area contributed by atoms with Crippen LogP contribution in [0.4, 0.5) is 0 Å². The molecular weight excluding hydrogens is 210 g/mol. The van der Waals surface area contributed by atoms with Gasteiger partial charge < -0.3 is 9.67 Å². The number of nitrogens with zero attached hydrogens (tertiary/aromatic N) is 1. The Morgan fingerprint density at radius 2 is 2.20 bits per heavy atom. The van der Waals surface area contributed by atoms with E-state index in [1.54, 1.807) is 11.3 Å². The molecule has 0 amide bonds. The van der Waals surface area contributed by atoms with E-state index in [1.807, 2.05) is 45.9 Å². The third-order valence-electron chi connectivity index (χ3n) is 2.28. The molecule has 0 bridgehead atoms. The van der Waals surface area contributed by atoms with Crippen molar-refractivity contribution in [2.24, 2.45) is 0 Å². The normalized spacial score (nSPS) is 12.5. The standard InChI is InChI=1S/C11H11NO2S/c13-11(14)7-10(9-3-6-15-8-9)12-4-1-2-5-12/h1-6,8,10H,7H2,(H,13,14)/t10-/m1/s1. The highest BCUT2D eigenvalue weighted by atomic mass is 32.1. The summed E-state index contributed by atoms with van der Waals surface area (Å²) >= 11 is 1.59. The number of aliphatic carboxylic acids is 1. The predicted molar refractivity (Wildman–Crippen MR) is 59.1 cm³/mol. The van der Waals surface area contributed by atoms with E-state index in [2.05, 4.69) is 0 Å². The molecule has 0 spiro atoms. The first-order valence-electron chi connectivity index (χ1n) is 4.63. The number of carbonyl (C=O) groups is 1. The van der Waals surface area contributed by atoms with Crippen LogP contribution in [0.5, 0.6) is 0 Å². The number of carboxylic acid groups (broad SMARTS) is 1. The van der Waals surface area contributed by atoms with Crippen molar-refractivity contribution >= 4 is 17.3 Å². The van der Waals surface area contributed by atoms with Gasteiger partial charge in [0.2, 0.25) is 0 Å². The van der Waals surface area contributed by atoms with Gasteiger partial charge >= 0.3 is 5.97 Å². The number of thiophene rings is 1. The molecule has 0 saturated carbocycles. The molecule has 4 heteroatoms. The number of aromatic nitrogens is 1. The molecule has 3 nitrogen and oxygen atoms in total. The summed E-state index contributed by atoms with van der Waals surface area (Å²) in [4.78, 5) is 10.8. The Kier molecular flexibility index (Phi) is 2.87. The molecule has 0 radical (unpaired) electrons. The average molecular weight is 221 g/mol. The third-order valence-corrected chi connectivity index (χ3v) is 2.98. The lowest BCUT2D eigenvalue weighted by molar-refractivity contribution is -0.137. The van der Waals surface area contributed by atoms with Gasteiger partial charge in [0.1, 0.15) is 0 Å². The molecule has 2 aromatic heterocycles. The van der Waals surface area contributed by atoms with Gasteiger partial charge in [-0.15, -0.1) is 0 Å². The molecule has 0 saturated heterocycles. The summed E-state index contributed by atoms with van der Waals surface area (Å²) in [6, 6.07) is 5.68. The van der Waals surface area contributed by atoms with Gasteiger partial charge in [-0.25, -0.2) is 0 Å². The number of carboxylic acids is 1. The third kappa shape index (κ3) is 2.27. The quantitative estimate of drug-likeness (QED) is 0.862. The molecule has 2 rings (SSSR count). The fraction of sp³-hybridized carbons (Fsp3) is 0.182. The highest BCUT2D eigenvalue weighted by molar-refractivity contribution is 7.07. The maximum absolute atomic E-state index is 10.8. The summed E-state index contributed by atoms with van der Waals surface area (Å²) in [7, 11) is 0. The van der Waals surface area contributed by atoms with Gasteiger partial charge in [0.05, 0.1) is 12.5 Å². The minimum atomic E-state index is -0.778. The molecule has 0 aromatic carbocycles. The molecule has 1 atom stereocenters. The van der Waals surface area contributed by atoms with E-state index in [0.717, 1.165) is 5.56 Å². The fourth-order valence-corrected chi connectivity index (χ4v) is 2.29. The SMILES string of the molecule is O=C(O)C[C@H](c1ccsc1)n1cccc1. The van der Waals surface area contributed by atoms with Crippen molar-refractivity contribution in [1.82, 2.24) is 4.57 Å². The van der Waals surface area contributed by atoms with Crippen LogP contribution in [0, 0.1) is 0 Å². The van der Waals surface area contributed by atoms with Gasteiger partial charge in [0, 0.05) is 12.4 Å². The van der Waals surface area contributed by atoms with Crippen molar-refractivity contribution in [1.29, 1.82) is 0 Å². The summed E-state index contributed by atoms with van der Waals surface area (Å²) < 4.78 is 1.93. The maximum atomic E-state index is 10.8. The second-order valence-electron chi connectivity index (χ2n) is 3.30. The maximum Gasteiger partial charge on any atom is 0.305 e. The smallest absolute Gasteiger partial charge is 0.305 e. The van der Waals surface area contributed by atoms with Crippen LogP contribution in [0.2, 0.25) is 0 Å². The first kappa shape index (κ1) is 9.98. The van der Waals surface area contributed by atoms with E-state index < -0.39 is 5.97 Å². The molecule has 1 N–H and O–H groups in total. The second kappa shape index (κ2) is 4.31. The Labute approximate surface area is 91.6 Å². The van der Waals surface area contributed by atoms with E-state index in [4.69, 9.17) is 5.11 Å². The van der Waals surface area contributed by atoms with Gasteiger partial charge in [-0.1, -0.05) is 0 Å². The Hall–Kier alpha value is -1.55. The highest BCUT2D eigenvalue weighted by Crippen LogP contribution is 2.24. The van der Waals surface area contributed by atoms with Crippen LogP contribution < -0.4 is 0 Å². The van der Waals surface area contributed by atoms with E-state index in [9.17, 15) is 4.79 Å². The molecule has 2 aromatic rings. The molecule has 0 aliphatic carbocycles. The lowest BCUT2D eigenvalue weighted by Gasteiger charge is -2.15. The van der Waals surface area contributed by atoms with E-state index >= 15 is 0 Å². The van der Waals surface area contributed by atoms with Gasteiger partial charge in [-0.3, -0.25) is 4.79 Å². The largest absolute Gasteiger partial charge is 0.481 e. The Morgan fingerprint density at radius 3 is 2.73 bits per heavy atom. The molecule has 0 unspecified atom stereocenters. The average Bonchev–Trinajstić information content (AvgIpc) is 2.87. The van der Waals surface area contributed by atoms with E-state index in [-0.39, 0.29) is 12.5 Å². The first-order valence-corrected chi connectivity index (χ1v) is 5.58. The van der Waals surface area contributed by atoms with Gasteiger partial charge in [-0.05, 0) is 34.5 Å². The van der Waals surface area contributed by atoms with Gasteiger partial charge in [0.15, 0.2) is 0 Å². The van der Waals surface area contributed by atoms with E-state index in [0.29, 0.717) is 0 Å². The van der Waals surface area contributed by atoms with Crippen LogP contribution in [0.15, 0.2) is 41.4 Å². The van der Waals surface area contributed by atoms with Crippen molar-refractivity contribution in [2.75, 3.05) is 0 Å². The Balaban J connectivity index is 2.29. The summed E-state index contributed by atoms with van der Waals surface area (Å²) in [6.45, 7) is 0. The lowest BCUT2D eigenvalue weighted by Crippen LogP contribution is -2.12. The van der Waals surface area contributed by atoms with Crippen molar-refractivity contribution in [3.63, 3.8) is 0 Å². The monoisotopic (exact) mass is 221 g/mol. The summed E-state index contributed by atoms with van der Waals surface area (Å²) in [6.07, 6.45) is 3.90. The van der Waals surface area contributed by atoms with E-state index in [1.165, 1.54) is 0 Å². The van der Waals surface area contributed by atoms with Crippen molar-refractivity contribution < 1.29 is 9.90 Å². The second-order valence-corrected chi connectivity index (χ2v) is 4.08. The Morgan fingerprint density at radius 1 is 1.47 bits per heavy atom. The van der Waals surface area contributed by atoms with Crippen LogP contribution in [0.3, 0.4) is 0 Å². The lowest BCUT2D eigenvalue weighted by atomic mass is 10.1. The van der Waals surface area contributed by atoms with Crippen LogP contribution in [0.1, 0.15) is 18.0 Å².